The highest BCUT2D eigenvalue weighted by molar-refractivity contribution is 7.99. The van der Waals surface area contributed by atoms with Gasteiger partial charge in [-0.15, -0.1) is 23.4 Å². The SMILES string of the molecule is CCCCCCCCCSc1ccc(-c2ccc(OC(=O)C(Cl)C(C)CC)cc2)cc1. The van der Waals surface area contributed by atoms with E-state index in [1.165, 1.54) is 55.6 Å². The number of carbonyl (C=O) groups is 1. The number of alkyl halides is 1. The predicted molar refractivity (Wildman–Crippen MR) is 135 cm³/mol. The first-order valence-corrected chi connectivity index (χ1v) is 13.2. The molecule has 170 valence electrons. The molecule has 0 aromatic heterocycles. The minimum absolute atomic E-state index is 0.0932. The monoisotopic (exact) mass is 460 g/mol. The van der Waals surface area contributed by atoms with Gasteiger partial charge in [-0.3, -0.25) is 4.79 Å². The summed E-state index contributed by atoms with van der Waals surface area (Å²) in [5.74, 6) is 1.43. The number of halogens is 1. The number of esters is 1. The molecule has 0 saturated carbocycles. The first-order chi connectivity index (χ1) is 15.0. The standard InChI is InChI=1S/C27H37ClO2S/c1-4-6-7-8-9-10-11-20-31-25-18-14-23(15-19-25)22-12-16-24(17-13-22)30-27(29)26(28)21(3)5-2/h12-19,21,26H,4-11,20H2,1-3H3. The maximum atomic E-state index is 12.1. The van der Waals surface area contributed by atoms with Gasteiger partial charge >= 0.3 is 5.97 Å². The topological polar surface area (TPSA) is 26.3 Å². The molecular weight excluding hydrogens is 424 g/mol. The van der Waals surface area contributed by atoms with Crippen LogP contribution in [0.2, 0.25) is 0 Å². The van der Waals surface area contributed by atoms with Crippen LogP contribution in [0.3, 0.4) is 0 Å². The first kappa shape index (κ1) is 25.8. The molecule has 2 atom stereocenters. The molecule has 0 spiro atoms. The van der Waals surface area contributed by atoms with Gasteiger partial charge in [0, 0.05) is 4.90 Å². The summed E-state index contributed by atoms with van der Waals surface area (Å²) < 4.78 is 5.43. The van der Waals surface area contributed by atoms with Gasteiger partial charge in [0.25, 0.3) is 0 Å². The van der Waals surface area contributed by atoms with Gasteiger partial charge in [-0.2, -0.15) is 0 Å². The Morgan fingerprint density at radius 2 is 1.42 bits per heavy atom. The van der Waals surface area contributed by atoms with Crippen molar-refractivity contribution in [1.82, 2.24) is 0 Å². The number of hydrogen-bond acceptors (Lipinski definition) is 3. The second-order valence-corrected chi connectivity index (χ2v) is 9.87. The fraction of sp³-hybridized carbons (Fsp3) is 0.519. The lowest BCUT2D eigenvalue weighted by Crippen LogP contribution is -2.26. The van der Waals surface area contributed by atoms with Crippen molar-refractivity contribution in [2.45, 2.75) is 82.4 Å². The summed E-state index contributed by atoms with van der Waals surface area (Å²) in [5, 5.41) is -0.615. The van der Waals surface area contributed by atoms with Gasteiger partial charge in [0.15, 0.2) is 0 Å². The van der Waals surface area contributed by atoms with E-state index in [9.17, 15) is 4.79 Å². The van der Waals surface area contributed by atoms with Gasteiger partial charge in [-0.25, -0.2) is 0 Å². The highest BCUT2D eigenvalue weighted by Gasteiger charge is 2.23. The summed E-state index contributed by atoms with van der Waals surface area (Å²) >= 11 is 8.12. The maximum Gasteiger partial charge on any atom is 0.329 e. The summed E-state index contributed by atoms with van der Waals surface area (Å²) in [4.78, 5) is 13.5. The van der Waals surface area contributed by atoms with Gasteiger partial charge in [0.2, 0.25) is 0 Å². The molecular formula is C27H37ClO2S. The minimum Gasteiger partial charge on any atom is -0.425 e. The minimum atomic E-state index is -0.615. The van der Waals surface area contributed by atoms with Crippen LogP contribution in [0, 0.1) is 5.92 Å². The van der Waals surface area contributed by atoms with Crippen LogP contribution in [0.15, 0.2) is 53.4 Å². The quantitative estimate of drug-likeness (QED) is 0.0925. The highest BCUT2D eigenvalue weighted by Crippen LogP contribution is 2.27. The van der Waals surface area contributed by atoms with Crippen molar-refractivity contribution in [3.8, 4) is 16.9 Å². The van der Waals surface area contributed by atoms with Crippen molar-refractivity contribution in [2.75, 3.05) is 5.75 Å². The molecule has 0 aliphatic rings. The van der Waals surface area contributed by atoms with Crippen molar-refractivity contribution < 1.29 is 9.53 Å². The smallest absolute Gasteiger partial charge is 0.329 e. The van der Waals surface area contributed by atoms with Crippen molar-refractivity contribution >= 4 is 29.3 Å². The predicted octanol–water partition coefficient (Wildman–Crippen LogP) is 8.76. The molecule has 31 heavy (non-hydrogen) atoms. The fourth-order valence-electron chi connectivity index (χ4n) is 3.32. The number of unbranched alkanes of at least 4 members (excludes halogenated alkanes) is 6. The van der Waals surface area contributed by atoms with Crippen LogP contribution >= 0.6 is 23.4 Å². The Morgan fingerprint density at radius 1 is 0.871 bits per heavy atom. The Bertz CT molecular complexity index is 758. The number of ether oxygens (including phenoxy) is 1. The third-order valence-corrected chi connectivity index (χ3v) is 7.35. The van der Waals surface area contributed by atoms with Crippen LogP contribution in [-0.4, -0.2) is 17.1 Å². The molecule has 0 amide bonds. The molecule has 0 fully saturated rings. The molecule has 2 nitrogen and oxygen atoms in total. The van der Waals surface area contributed by atoms with Crippen molar-refractivity contribution in [1.29, 1.82) is 0 Å². The second kappa shape index (κ2) is 14.6. The first-order valence-electron chi connectivity index (χ1n) is 11.7. The summed E-state index contributed by atoms with van der Waals surface area (Å²) in [5.41, 5.74) is 2.26. The van der Waals surface area contributed by atoms with E-state index in [1.54, 1.807) is 0 Å². The Kier molecular flexibility index (Phi) is 12.1. The van der Waals surface area contributed by atoms with E-state index in [2.05, 4.69) is 31.2 Å². The average molecular weight is 461 g/mol. The largest absolute Gasteiger partial charge is 0.425 e. The number of rotatable bonds is 14. The van der Waals surface area contributed by atoms with E-state index in [0.29, 0.717) is 5.75 Å². The average Bonchev–Trinajstić information content (AvgIpc) is 2.80. The number of benzene rings is 2. The molecule has 2 unspecified atom stereocenters. The lowest BCUT2D eigenvalue weighted by molar-refractivity contribution is -0.134. The molecule has 4 heteroatoms. The second-order valence-electron chi connectivity index (χ2n) is 8.23. The zero-order valence-corrected chi connectivity index (χ0v) is 20.8. The van der Waals surface area contributed by atoms with E-state index in [4.69, 9.17) is 16.3 Å². The summed E-state index contributed by atoms with van der Waals surface area (Å²) in [6.45, 7) is 6.24. The van der Waals surface area contributed by atoms with Crippen molar-refractivity contribution in [3.05, 3.63) is 48.5 Å². The third-order valence-electron chi connectivity index (χ3n) is 5.65. The Morgan fingerprint density at radius 3 is 2.00 bits per heavy atom. The molecule has 2 aromatic carbocycles. The van der Waals surface area contributed by atoms with Gasteiger partial charge in [0.05, 0.1) is 0 Å². The summed E-state index contributed by atoms with van der Waals surface area (Å²) in [6.07, 6.45) is 10.3. The summed E-state index contributed by atoms with van der Waals surface area (Å²) in [7, 11) is 0. The molecule has 0 aliphatic carbocycles. The normalized spacial score (nSPS) is 13.0. The molecule has 0 radical (unpaired) electrons. The molecule has 0 N–H and O–H groups in total. The van der Waals surface area contributed by atoms with Crippen LogP contribution in [0.1, 0.15) is 72.1 Å². The van der Waals surface area contributed by atoms with Crippen LogP contribution in [0.5, 0.6) is 5.75 Å². The molecule has 0 saturated heterocycles. The lowest BCUT2D eigenvalue weighted by Gasteiger charge is -2.15. The van der Waals surface area contributed by atoms with E-state index in [0.717, 1.165) is 17.5 Å². The summed E-state index contributed by atoms with van der Waals surface area (Å²) in [6, 6.07) is 16.3. The van der Waals surface area contributed by atoms with Crippen LogP contribution in [0.25, 0.3) is 11.1 Å². The van der Waals surface area contributed by atoms with Crippen LogP contribution in [-0.2, 0) is 4.79 Å². The van der Waals surface area contributed by atoms with Gasteiger partial charge in [-0.05, 0) is 53.5 Å². The Labute approximate surface area is 198 Å². The van der Waals surface area contributed by atoms with E-state index in [1.807, 2.05) is 49.9 Å². The zero-order valence-electron chi connectivity index (χ0n) is 19.2. The Balaban J connectivity index is 1.77. The van der Waals surface area contributed by atoms with E-state index < -0.39 is 5.38 Å². The molecule has 0 aliphatic heterocycles. The maximum absolute atomic E-state index is 12.1. The number of hydrogen-bond donors (Lipinski definition) is 0. The highest BCUT2D eigenvalue weighted by atomic mass is 35.5. The molecule has 2 aromatic rings. The van der Waals surface area contributed by atoms with Gasteiger partial charge in [0.1, 0.15) is 11.1 Å². The van der Waals surface area contributed by atoms with Gasteiger partial charge < -0.3 is 4.74 Å². The molecule has 0 heterocycles. The van der Waals surface area contributed by atoms with Crippen LogP contribution < -0.4 is 4.74 Å². The number of carbonyl (C=O) groups excluding carboxylic acids is 1. The number of thioether (sulfide) groups is 1. The van der Waals surface area contributed by atoms with Crippen LogP contribution in [0.4, 0.5) is 0 Å². The zero-order chi connectivity index (χ0) is 22.5. The van der Waals surface area contributed by atoms with Gasteiger partial charge in [-0.1, -0.05) is 90.0 Å². The lowest BCUT2D eigenvalue weighted by atomic mass is 10.0. The van der Waals surface area contributed by atoms with Crippen molar-refractivity contribution in [2.24, 2.45) is 5.92 Å². The van der Waals surface area contributed by atoms with Crippen molar-refractivity contribution in [3.63, 3.8) is 0 Å². The molecule has 2 rings (SSSR count). The van der Waals surface area contributed by atoms with E-state index >= 15 is 0 Å². The molecule has 0 bridgehead atoms. The van der Waals surface area contributed by atoms with E-state index in [-0.39, 0.29) is 11.9 Å². The Hall–Kier alpha value is -1.45. The fourth-order valence-corrected chi connectivity index (χ4v) is 4.46. The third kappa shape index (κ3) is 9.29.